The molecule has 1 saturated heterocycles. The first-order valence-electron chi connectivity index (χ1n) is 9.32. The van der Waals surface area contributed by atoms with E-state index < -0.39 is 0 Å². The topological polar surface area (TPSA) is 49.4 Å². The van der Waals surface area contributed by atoms with Crippen LogP contribution < -0.4 is 5.32 Å². The third-order valence-corrected chi connectivity index (χ3v) is 4.90. The smallest absolute Gasteiger partial charge is 0.253 e. The Bertz CT molecular complexity index is 830. The molecule has 1 heterocycles. The fourth-order valence-corrected chi connectivity index (χ4v) is 3.64. The molecule has 2 aromatic rings. The van der Waals surface area contributed by atoms with Crippen LogP contribution >= 0.6 is 0 Å². The molecule has 1 aliphatic rings. The molecule has 0 aliphatic carbocycles. The van der Waals surface area contributed by atoms with Crippen molar-refractivity contribution in [1.82, 2.24) is 10.2 Å². The van der Waals surface area contributed by atoms with Crippen LogP contribution in [0.5, 0.6) is 0 Å². The number of aryl methyl sites for hydroxylation is 2. The summed E-state index contributed by atoms with van der Waals surface area (Å²) < 4.78 is 13.2. The Balaban J connectivity index is 1.61. The molecule has 1 aliphatic heterocycles. The van der Waals surface area contributed by atoms with E-state index in [9.17, 15) is 14.0 Å². The van der Waals surface area contributed by atoms with Gasteiger partial charge < -0.3 is 10.2 Å². The van der Waals surface area contributed by atoms with Crippen LogP contribution in [0.1, 0.15) is 39.9 Å². The largest absolute Gasteiger partial charge is 0.352 e. The third kappa shape index (κ3) is 4.94. The highest BCUT2D eigenvalue weighted by Crippen LogP contribution is 2.20. The maximum atomic E-state index is 13.2. The molecule has 3 rings (SSSR count). The van der Waals surface area contributed by atoms with Crippen molar-refractivity contribution in [2.75, 3.05) is 13.1 Å². The number of hydrogen-bond acceptors (Lipinski definition) is 2. The zero-order valence-corrected chi connectivity index (χ0v) is 15.8. The lowest BCUT2D eigenvalue weighted by atomic mass is 9.96. The summed E-state index contributed by atoms with van der Waals surface area (Å²) in [6, 6.07) is 12.0. The fourth-order valence-electron chi connectivity index (χ4n) is 3.64. The van der Waals surface area contributed by atoms with Crippen molar-refractivity contribution in [2.45, 2.75) is 33.2 Å². The molecule has 5 heteroatoms. The monoisotopic (exact) mass is 368 g/mol. The summed E-state index contributed by atoms with van der Waals surface area (Å²) in [4.78, 5) is 27.1. The standard InChI is InChI=1S/C22H25FN2O2/c1-15-9-16(2)11-19(10-15)22(27)25-8-4-6-18(14-25)21(26)24-13-17-5-3-7-20(23)12-17/h3,5,7,9-12,18H,4,6,8,13-14H2,1-2H3,(H,24,26)/t18-/m0/s1. The van der Waals surface area contributed by atoms with E-state index in [1.165, 1.54) is 12.1 Å². The van der Waals surface area contributed by atoms with Gasteiger partial charge >= 0.3 is 0 Å². The number of piperidine rings is 1. The molecule has 0 bridgehead atoms. The van der Waals surface area contributed by atoms with Crippen LogP contribution in [0, 0.1) is 25.6 Å². The number of halogens is 1. The van der Waals surface area contributed by atoms with Crippen LogP contribution in [-0.2, 0) is 11.3 Å². The van der Waals surface area contributed by atoms with Gasteiger partial charge in [0.2, 0.25) is 5.91 Å². The first-order chi connectivity index (χ1) is 12.9. The fraction of sp³-hybridized carbons (Fsp3) is 0.364. The summed E-state index contributed by atoms with van der Waals surface area (Å²) in [6.07, 6.45) is 1.56. The second-order valence-corrected chi connectivity index (χ2v) is 7.31. The van der Waals surface area contributed by atoms with Gasteiger partial charge in [0, 0.05) is 25.2 Å². The second-order valence-electron chi connectivity index (χ2n) is 7.31. The van der Waals surface area contributed by atoms with E-state index in [1.54, 1.807) is 17.0 Å². The number of likely N-dealkylation sites (tertiary alicyclic amines) is 1. The van der Waals surface area contributed by atoms with Crippen molar-refractivity contribution in [1.29, 1.82) is 0 Å². The van der Waals surface area contributed by atoms with Gasteiger partial charge in [-0.15, -0.1) is 0 Å². The summed E-state index contributed by atoms with van der Waals surface area (Å²) in [5, 5.41) is 2.87. The number of amides is 2. The van der Waals surface area contributed by atoms with E-state index in [-0.39, 0.29) is 30.1 Å². The highest BCUT2D eigenvalue weighted by molar-refractivity contribution is 5.95. The van der Waals surface area contributed by atoms with Gasteiger partial charge in [0.25, 0.3) is 5.91 Å². The quantitative estimate of drug-likeness (QED) is 0.896. The first-order valence-corrected chi connectivity index (χ1v) is 9.32. The van der Waals surface area contributed by atoms with Crippen LogP contribution in [0.15, 0.2) is 42.5 Å². The minimum atomic E-state index is -0.315. The molecule has 0 radical (unpaired) electrons. The third-order valence-electron chi connectivity index (χ3n) is 4.90. The van der Waals surface area contributed by atoms with E-state index in [4.69, 9.17) is 0 Å². The maximum absolute atomic E-state index is 13.2. The van der Waals surface area contributed by atoms with Gasteiger partial charge in [0.15, 0.2) is 0 Å². The number of nitrogens with one attached hydrogen (secondary N) is 1. The Kier molecular flexibility index (Phi) is 5.89. The molecular weight excluding hydrogens is 343 g/mol. The number of nitrogens with zero attached hydrogens (tertiary/aromatic N) is 1. The minimum absolute atomic E-state index is 0.0237. The molecule has 27 heavy (non-hydrogen) atoms. The first kappa shape index (κ1) is 19.1. The minimum Gasteiger partial charge on any atom is -0.352 e. The lowest BCUT2D eigenvalue weighted by molar-refractivity contribution is -0.126. The number of carbonyl (C=O) groups excluding carboxylic acids is 2. The summed E-state index contributed by atoms with van der Waals surface area (Å²) >= 11 is 0. The molecule has 0 aromatic heterocycles. The van der Waals surface area contributed by atoms with Gasteiger partial charge in [-0.25, -0.2) is 4.39 Å². The Hall–Kier alpha value is -2.69. The predicted octanol–water partition coefficient (Wildman–Crippen LogP) is 3.61. The summed E-state index contributed by atoms with van der Waals surface area (Å²) in [7, 11) is 0. The SMILES string of the molecule is Cc1cc(C)cc(C(=O)N2CCC[C@H](C(=O)NCc3cccc(F)c3)C2)c1. The maximum Gasteiger partial charge on any atom is 0.253 e. The van der Waals surface area contributed by atoms with E-state index in [2.05, 4.69) is 5.32 Å². The van der Waals surface area contributed by atoms with Gasteiger partial charge in [0.05, 0.1) is 5.92 Å². The molecule has 1 N–H and O–H groups in total. The molecule has 1 fully saturated rings. The van der Waals surface area contributed by atoms with Crippen molar-refractivity contribution in [3.05, 3.63) is 70.5 Å². The Morgan fingerprint density at radius 1 is 1.15 bits per heavy atom. The number of benzene rings is 2. The summed E-state index contributed by atoms with van der Waals surface area (Å²) in [6.45, 7) is 5.32. The zero-order chi connectivity index (χ0) is 19.4. The molecule has 0 spiro atoms. The summed E-state index contributed by atoms with van der Waals surface area (Å²) in [5.41, 5.74) is 3.51. The molecule has 0 saturated carbocycles. The van der Waals surface area contributed by atoms with Gasteiger partial charge in [-0.05, 0) is 56.5 Å². The molecule has 2 aromatic carbocycles. The molecule has 0 unspecified atom stereocenters. The second kappa shape index (κ2) is 8.33. The highest BCUT2D eigenvalue weighted by atomic mass is 19.1. The van der Waals surface area contributed by atoms with Crippen LogP contribution in [-0.4, -0.2) is 29.8 Å². The molecular formula is C22H25FN2O2. The molecule has 2 amide bonds. The number of carbonyl (C=O) groups is 2. The molecule has 1 atom stereocenters. The Labute approximate surface area is 159 Å². The van der Waals surface area contributed by atoms with Gasteiger partial charge in [-0.3, -0.25) is 9.59 Å². The van der Waals surface area contributed by atoms with Crippen LogP contribution in [0.4, 0.5) is 4.39 Å². The van der Waals surface area contributed by atoms with E-state index in [0.29, 0.717) is 18.7 Å². The predicted molar refractivity (Wildman–Crippen MR) is 103 cm³/mol. The van der Waals surface area contributed by atoms with Crippen molar-refractivity contribution < 1.29 is 14.0 Å². The normalized spacial score (nSPS) is 16.9. The van der Waals surface area contributed by atoms with Crippen LogP contribution in [0.3, 0.4) is 0 Å². The average molecular weight is 368 g/mol. The van der Waals surface area contributed by atoms with E-state index in [1.807, 2.05) is 32.0 Å². The number of hydrogen-bond donors (Lipinski definition) is 1. The number of rotatable bonds is 4. The van der Waals surface area contributed by atoms with Crippen molar-refractivity contribution in [3.8, 4) is 0 Å². The van der Waals surface area contributed by atoms with Gasteiger partial charge in [0.1, 0.15) is 5.82 Å². The Morgan fingerprint density at radius 3 is 2.59 bits per heavy atom. The van der Waals surface area contributed by atoms with Crippen LogP contribution in [0.25, 0.3) is 0 Å². The zero-order valence-electron chi connectivity index (χ0n) is 15.8. The molecule has 4 nitrogen and oxygen atoms in total. The van der Waals surface area contributed by atoms with Gasteiger partial charge in [-0.2, -0.15) is 0 Å². The average Bonchev–Trinajstić information content (AvgIpc) is 2.65. The lowest BCUT2D eigenvalue weighted by Crippen LogP contribution is -2.45. The van der Waals surface area contributed by atoms with Crippen molar-refractivity contribution in [3.63, 3.8) is 0 Å². The highest BCUT2D eigenvalue weighted by Gasteiger charge is 2.29. The van der Waals surface area contributed by atoms with E-state index in [0.717, 1.165) is 29.5 Å². The lowest BCUT2D eigenvalue weighted by Gasteiger charge is -2.32. The van der Waals surface area contributed by atoms with E-state index >= 15 is 0 Å². The van der Waals surface area contributed by atoms with Crippen LogP contribution in [0.2, 0.25) is 0 Å². The summed E-state index contributed by atoms with van der Waals surface area (Å²) in [5.74, 6) is -0.659. The van der Waals surface area contributed by atoms with Gasteiger partial charge in [-0.1, -0.05) is 29.3 Å². The Morgan fingerprint density at radius 2 is 1.89 bits per heavy atom. The van der Waals surface area contributed by atoms with Crippen molar-refractivity contribution in [2.24, 2.45) is 5.92 Å². The molecule has 142 valence electrons. The van der Waals surface area contributed by atoms with Crippen molar-refractivity contribution >= 4 is 11.8 Å².